The molecule has 0 spiro atoms. The molecule has 22 heavy (non-hydrogen) atoms. The highest BCUT2D eigenvalue weighted by atomic mass is 16.2. The highest BCUT2D eigenvalue weighted by molar-refractivity contribution is 6.04. The van der Waals surface area contributed by atoms with Gasteiger partial charge in [0.2, 0.25) is 0 Å². The van der Waals surface area contributed by atoms with Crippen LogP contribution < -0.4 is 0 Å². The second kappa shape index (κ2) is 5.39. The number of carbonyl (C=O) groups is 1. The molecule has 2 aliphatic rings. The lowest BCUT2D eigenvalue weighted by molar-refractivity contribution is 0.0660. The minimum absolute atomic E-state index is 0.0836. The fraction of sp³-hybridized carbons (Fsp3) is 0.529. The van der Waals surface area contributed by atoms with Crippen molar-refractivity contribution in [1.82, 2.24) is 20.0 Å². The van der Waals surface area contributed by atoms with E-state index in [1.807, 2.05) is 24.3 Å². The molecule has 1 N–H and O–H groups in total. The summed E-state index contributed by atoms with van der Waals surface area (Å²) in [6.07, 6.45) is 4.66. The Morgan fingerprint density at radius 1 is 1.18 bits per heavy atom. The Morgan fingerprint density at radius 2 is 1.95 bits per heavy atom. The number of aromatic amines is 1. The van der Waals surface area contributed by atoms with E-state index in [1.165, 1.54) is 12.8 Å². The van der Waals surface area contributed by atoms with Crippen LogP contribution in [0.15, 0.2) is 24.3 Å². The number of amides is 1. The molecule has 5 nitrogen and oxygen atoms in total. The lowest BCUT2D eigenvalue weighted by Gasteiger charge is -2.32. The Hall–Kier alpha value is -1.88. The van der Waals surface area contributed by atoms with E-state index in [-0.39, 0.29) is 5.91 Å². The van der Waals surface area contributed by atoms with Gasteiger partial charge in [-0.05, 0) is 45.3 Å². The van der Waals surface area contributed by atoms with Crippen molar-refractivity contribution in [2.75, 3.05) is 20.1 Å². The third-order valence-electron chi connectivity index (χ3n) is 5.25. The molecule has 116 valence electrons. The molecule has 0 unspecified atom stereocenters. The first-order valence-corrected chi connectivity index (χ1v) is 8.20. The molecule has 2 saturated heterocycles. The fourth-order valence-corrected chi connectivity index (χ4v) is 4.13. The topological polar surface area (TPSA) is 52.2 Å². The van der Waals surface area contributed by atoms with Crippen LogP contribution in [-0.4, -0.2) is 58.1 Å². The highest BCUT2D eigenvalue weighted by Gasteiger charge is 2.39. The molecule has 2 aliphatic heterocycles. The molecule has 1 aromatic carbocycles. The quantitative estimate of drug-likeness (QED) is 0.925. The molecule has 0 aliphatic carbocycles. The lowest BCUT2D eigenvalue weighted by atomic mass is 10.0. The molecule has 3 heterocycles. The van der Waals surface area contributed by atoms with Gasteiger partial charge in [-0.2, -0.15) is 5.10 Å². The number of likely N-dealkylation sites (N-methyl/N-ethyl adjacent to an activating group) is 1. The first-order chi connectivity index (χ1) is 10.8. The minimum Gasteiger partial charge on any atom is -0.333 e. The van der Waals surface area contributed by atoms with Crippen LogP contribution in [-0.2, 0) is 0 Å². The molecule has 0 saturated carbocycles. The molecule has 4 rings (SSSR count). The van der Waals surface area contributed by atoms with Crippen LogP contribution in [0.5, 0.6) is 0 Å². The van der Waals surface area contributed by atoms with Crippen molar-refractivity contribution in [2.45, 2.75) is 37.8 Å². The lowest BCUT2D eigenvalue weighted by Crippen LogP contribution is -2.47. The minimum atomic E-state index is 0.0836. The Morgan fingerprint density at radius 3 is 2.77 bits per heavy atom. The summed E-state index contributed by atoms with van der Waals surface area (Å²) in [6, 6.07) is 8.71. The van der Waals surface area contributed by atoms with Crippen molar-refractivity contribution in [1.29, 1.82) is 0 Å². The van der Waals surface area contributed by atoms with Crippen LogP contribution >= 0.6 is 0 Å². The van der Waals surface area contributed by atoms with Gasteiger partial charge in [-0.15, -0.1) is 0 Å². The van der Waals surface area contributed by atoms with Gasteiger partial charge in [-0.3, -0.25) is 9.89 Å². The van der Waals surface area contributed by atoms with E-state index in [1.54, 1.807) is 0 Å². The standard InChI is InChI=1S/C17H22N4O/c1-20-10-4-8-14(20)15-9-5-11-21(15)17(22)16-12-6-2-3-7-13(12)18-19-16/h2-3,6-7,14-15H,4-5,8-11H2,1H3,(H,18,19)/t14-,15+/m1/s1. The van der Waals surface area contributed by atoms with E-state index in [0.29, 0.717) is 17.8 Å². The van der Waals surface area contributed by atoms with Gasteiger partial charge in [-0.25, -0.2) is 0 Å². The molecule has 2 fully saturated rings. The second-order valence-corrected chi connectivity index (χ2v) is 6.52. The molecule has 0 bridgehead atoms. The van der Waals surface area contributed by atoms with Crippen LogP contribution in [0.25, 0.3) is 10.9 Å². The zero-order chi connectivity index (χ0) is 15.1. The number of hydrogen-bond acceptors (Lipinski definition) is 3. The second-order valence-electron chi connectivity index (χ2n) is 6.52. The number of carbonyl (C=O) groups excluding carboxylic acids is 1. The Balaban J connectivity index is 1.64. The number of nitrogens with one attached hydrogen (secondary N) is 1. The smallest absolute Gasteiger partial charge is 0.275 e. The number of para-hydroxylation sites is 1. The van der Waals surface area contributed by atoms with E-state index >= 15 is 0 Å². The van der Waals surface area contributed by atoms with Crippen LogP contribution in [0, 0.1) is 0 Å². The van der Waals surface area contributed by atoms with Crippen molar-refractivity contribution in [3.63, 3.8) is 0 Å². The third-order valence-corrected chi connectivity index (χ3v) is 5.25. The SMILES string of the molecule is CN1CCC[C@@H]1[C@@H]1CCCN1C(=O)c1n[nH]c2ccccc12. The fourth-order valence-electron chi connectivity index (χ4n) is 4.13. The molecule has 2 atom stereocenters. The maximum Gasteiger partial charge on any atom is 0.275 e. The first kappa shape index (κ1) is 13.8. The molecule has 0 radical (unpaired) electrons. The number of aromatic nitrogens is 2. The molecular weight excluding hydrogens is 276 g/mol. The third kappa shape index (κ3) is 2.11. The van der Waals surface area contributed by atoms with Gasteiger partial charge in [0.05, 0.1) is 5.52 Å². The van der Waals surface area contributed by atoms with Gasteiger partial charge in [0.25, 0.3) is 5.91 Å². The molecule has 2 aromatic rings. The van der Waals surface area contributed by atoms with Crippen LogP contribution in [0.3, 0.4) is 0 Å². The van der Waals surface area contributed by atoms with Crippen molar-refractivity contribution in [2.24, 2.45) is 0 Å². The van der Waals surface area contributed by atoms with Gasteiger partial charge < -0.3 is 9.80 Å². The number of rotatable bonds is 2. The van der Waals surface area contributed by atoms with Crippen molar-refractivity contribution < 1.29 is 4.79 Å². The summed E-state index contributed by atoms with van der Waals surface area (Å²) < 4.78 is 0. The molecular formula is C17H22N4O. The van der Waals surface area contributed by atoms with Crippen molar-refractivity contribution in [3.8, 4) is 0 Å². The van der Waals surface area contributed by atoms with Gasteiger partial charge in [0.15, 0.2) is 5.69 Å². The van der Waals surface area contributed by atoms with Gasteiger partial charge >= 0.3 is 0 Å². The summed E-state index contributed by atoms with van der Waals surface area (Å²) in [4.78, 5) is 17.5. The summed E-state index contributed by atoms with van der Waals surface area (Å²) in [7, 11) is 2.18. The Bertz CT molecular complexity index is 695. The molecule has 1 amide bonds. The van der Waals surface area contributed by atoms with Gasteiger partial charge in [0, 0.05) is 24.0 Å². The summed E-state index contributed by atoms with van der Waals surface area (Å²) in [5.41, 5.74) is 1.50. The number of H-pyrrole nitrogens is 1. The van der Waals surface area contributed by atoms with Crippen molar-refractivity contribution >= 4 is 16.8 Å². The maximum absolute atomic E-state index is 13.0. The van der Waals surface area contributed by atoms with E-state index in [9.17, 15) is 4.79 Å². The average molecular weight is 298 g/mol. The number of nitrogens with zero attached hydrogens (tertiary/aromatic N) is 3. The van der Waals surface area contributed by atoms with Gasteiger partial charge in [0.1, 0.15) is 0 Å². The zero-order valence-corrected chi connectivity index (χ0v) is 13.0. The highest BCUT2D eigenvalue weighted by Crippen LogP contribution is 2.30. The predicted molar refractivity (Wildman–Crippen MR) is 85.8 cm³/mol. The molecule has 1 aromatic heterocycles. The van der Waals surface area contributed by atoms with E-state index in [2.05, 4.69) is 27.0 Å². The van der Waals surface area contributed by atoms with E-state index < -0.39 is 0 Å². The number of fused-ring (bicyclic) bond motifs is 1. The summed E-state index contributed by atoms with van der Waals surface area (Å²) >= 11 is 0. The average Bonchev–Trinajstić information content (AvgIpc) is 3.24. The summed E-state index contributed by atoms with van der Waals surface area (Å²) in [5.74, 6) is 0.0836. The number of likely N-dealkylation sites (tertiary alicyclic amines) is 2. The van der Waals surface area contributed by atoms with Crippen LogP contribution in [0.1, 0.15) is 36.2 Å². The Kier molecular flexibility index (Phi) is 3.37. The normalized spacial score (nSPS) is 26.1. The molecule has 5 heteroatoms. The summed E-state index contributed by atoms with van der Waals surface area (Å²) in [5, 5.41) is 8.20. The maximum atomic E-state index is 13.0. The summed E-state index contributed by atoms with van der Waals surface area (Å²) in [6.45, 7) is 2.00. The predicted octanol–water partition coefficient (Wildman–Crippen LogP) is 2.26. The Labute approximate surface area is 130 Å². The monoisotopic (exact) mass is 298 g/mol. The van der Waals surface area contributed by atoms with E-state index in [0.717, 1.165) is 36.8 Å². The number of benzene rings is 1. The van der Waals surface area contributed by atoms with Crippen LogP contribution in [0.4, 0.5) is 0 Å². The van der Waals surface area contributed by atoms with Crippen LogP contribution in [0.2, 0.25) is 0 Å². The largest absolute Gasteiger partial charge is 0.333 e. The van der Waals surface area contributed by atoms with Crippen molar-refractivity contribution in [3.05, 3.63) is 30.0 Å². The van der Waals surface area contributed by atoms with Gasteiger partial charge in [-0.1, -0.05) is 18.2 Å². The first-order valence-electron chi connectivity index (χ1n) is 8.20. The zero-order valence-electron chi connectivity index (χ0n) is 13.0. The van der Waals surface area contributed by atoms with E-state index in [4.69, 9.17) is 0 Å². The number of hydrogen-bond donors (Lipinski definition) is 1.